The first-order valence-corrected chi connectivity index (χ1v) is 7.33. The lowest BCUT2D eigenvalue weighted by Gasteiger charge is -2.06. The monoisotopic (exact) mass is 361 g/mol. The summed E-state index contributed by atoms with van der Waals surface area (Å²) in [6.45, 7) is 2.15. The van der Waals surface area contributed by atoms with Crippen LogP contribution in [0.4, 0.5) is 0 Å². The third kappa shape index (κ3) is 2.80. The molecule has 2 heterocycles. The van der Waals surface area contributed by atoms with Crippen LogP contribution in [0.2, 0.25) is 0 Å². The molecule has 3 rings (SSSR count). The van der Waals surface area contributed by atoms with Crippen molar-refractivity contribution in [2.45, 2.75) is 13.5 Å². The summed E-state index contributed by atoms with van der Waals surface area (Å²) in [5.41, 5.74) is 2.34. The van der Waals surface area contributed by atoms with Crippen LogP contribution in [0.25, 0.3) is 5.65 Å². The Balaban J connectivity index is 1.76. The summed E-state index contributed by atoms with van der Waals surface area (Å²) in [5, 5.41) is 6.11. The standard InChI is InChI=1S/C15H12BrN3O3/c1-9-2-3-10(6-12(9)16)8-22-14(20)11-4-5-13-17-18-15(21)19(13)7-11/h2-7H,8H2,1H3,(H,18,21). The van der Waals surface area contributed by atoms with Crippen LogP contribution >= 0.6 is 15.9 Å². The van der Waals surface area contributed by atoms with Crippen molar-refractivity contribution in [1.82, 2.24) is 14.6 Å². The van der Waals surface area contributed by atoms with Crippen molar-refractivity contribution in [3.63, 3.8) is 0 Å². The zero-order valence-electron chi connectivity index (χ0n) is 11.7. The van der Waals surface area contributed by atoms with E-state index in [1.54, 1.807) is 12.1 Å². The van der Waals surface area contributed by atoms with Gasteiger partial charge in [-0.1, -0.05) is 28.1 Å². The van der Waals surface area contributed by atoms with Gasteiger partial charge >= 0.3 is 11.7 Å². The summed E-state index contributed by atoms with van der Waals surface area (Å²) in [4.78, 5) is 23.6. The number of pyridine rings is 1. The molecule has 112 valence electrons. The number of hydrogen-bond acceptors (Lipinski definition) is 4. The number of carbonyl (C=O) groups is 1. The van der Waals surface area contributed by atoms with Gasteiger partial charge < -0.3 is 4.74 Å². The Labute approximate surface area is 133 Å². The fraction of sp³-hybridized carbons (Fsp3) is 0.133. The Hall–Kier alpha value is -2.41. The molecular weight excluding hydrogens is 350 g/mol. The van der Waals surface area contributed by atoms with Gasteiger partial charge in [0.15, 0.2) is 5.65 Å². The Kier molecular flexibility index (Phi) is 3.81. The summed E-state index contributed by atoms with van der Waals surface area (Å²) in [6.07, 6.45) is 1.41. The smallest absolute Gasteiger partial charge is 0.347 e. The van der Waals surface area contributed by atoms with Gasteiger partial charge in [-0.05, 0) is 36.2 Å². The largest absolute Gasteiger partial charge is 0.457 e. The summed E-state index contributed by atoms with van der Waals surface area (Å²) >= 11 is 3.44. The molecule has 7 heteroatoms. The number of nitrogens with zero attached hydrogens (tertiary/aromatic N) is 2. The van der Waals surface area contributed by atoms with E-state index in [1.165, 1.54) is 10.6 Å². The lowest BCUT2D eigenvalue weighted by atomic mass is 10.2. The fourth-order valence-electron chi connectivity index (χ4n) is 1.98. The van der Waals surface area contributed by atoms with Crippen LogP contribution in [0, 0.1) is 6.92 Å². The normalized spacial score (nSPS) is 10.8. The number of hydrogen-bond donors (Lipinski definition) is 1. The Morgan fingerprint density at radius 1 is 1.36 bits per heavy atom. The Morgan fingerprint density at radius 3 is 2.95 bits per heavy atom. The van der Waals surface area contributed by atoms with Crippen LogP contribution in [0.3, 0.4) is 0 Å². The molecule has 0 aliphatic carbocycles. The van der Waals surface area contributed by atoms with E-state index in [-0.39, 0.29) is 6.61 Å². The van der Waals surface area contributed by atoms with E-state index in [2.05, 4.69) is 26.1 Å². The SMILES string of the molecule is Cc1ccc(COC(=O)c2ccc3n[nH]c(=O)n3c2)cc1Br. The average Bonchev–Trinajstić information content (AvgIpc) is 2.89. The molecule has 0 atom stereocenters. The zero-order valence-corrected chi connectivity index (χ0v) is 13.3. The van der Waals surface area contributed by atoms with Gasteiger partial charge in [0.05, 0.1) is 5.56 Å². The molecule has 0 saturated carbocycles. The van der Waals surface area contributed by atoms with Gasteiger partial charge in [-0.3, -0.25) is 0 Å². The summed E-state index contributed by atoms with van der Waals surface area (Å²) < 4.78 is 7.50. The van der Waals surface area contributed by atoms with Crippen LogP contribution < -0.4 is 5.69 Å². The van der Waals surface area contributed by atoms with Gasteiger partial charge in [0, 0.05) is 10.7 Å². The molecule has 0 radical (unpaired) electrons. The molecule has 22 heavy (non-hydrogen) atoms. The molecule has 1 aromatic carbocycles. The summed E-state index contributed by atoms with van der Waals surface area (Å²) in [5.74, 6) is -0.494. The van der Waals surface area contributed by atoms with Crippen molar-refractivity contribution in [2.75, 3.05) is 0 Å². The molecular formula is C15H12BrN3O3. The van der Waals surface area contributed by atoms with Gasteiger partial charge in [0.1, 0.15) is 6.61 Å². The molecule has 0 saturated heterocycles. The van der Waals surface area contributed by atoms with Crippen molar-refractivity contribution < 1.29 is 9.53 Å². The minimum atomic E-state index is -0.494. The molecule has 6 nitrogen and oxygen atoms in total. The van der Waals surface area contributed by atoms with E-state index >= 15 is 0 Å². The number of carbonyl (C=O) groups excluding carboxylic acids is 1. The van der Waals surface area contributed by atoms with Crippen molar-refractivity contribution >= 4 is 27.5 Å². The number of halogens is 1. The van der Waals surface area contributed by atoms with Crippen LogP contribution in [-0.2, 0) is 11.3 Å². The fourth-order valence-corrected chi connectivity index (χ4v) is 2.41. The number of ether oxygens (including phenoxy) is 1. The highest BCUT2D eigenvalue weighted by atomic mass is 79.9. The van der Waals surface area contributed by atoms with Gasteiger partial charge in [-0.15, -0.1) is 0 Å². The van der Waals surface area contributed by atoms with E-state index in [0.29, 0.717) is 11.2 Å². The Morgan fingerprint density at radius 2 is 2.18 bits per heavy atom. The van der Waals surface area contributed by atoms with E-state index in [0.717, 1.165) is 15.6 Å². The van der Waals surface area contributed by atoms with Crippen molar-refractivity contribution in [3.8, 4) is 0 Å². The van der Waals surface area contributed by atoms with E-state index < -0.39 is 11.7 Å². The van der Waals surface area contributed by atoms with Crippen molar-refractivity contribution in [2.24, 2.45) is 0 Å². The van der Waals surface area contributed by atoms with Crippen LogP contribution in [0.1, 0.15) is 21.5 Å². The zero-order chi connectivity index (χ0) is 15.7. The molecule has 0 spiro atoms. The Bertz CT molecular complexity index is 914. The second kappa shape index (κ2) is 5.76. The number of aryl methyl sites for hydroxylation is 1. The predicted octanol–water partition coefficient (Wildman–Crippen LogP) is 2.45. The van der Waals surface area contributed by atoms with Crippen molar-refractivity contribution in [3.05, 3.63) is 68.2 Å². The van der Waals surface area contributed by atoms with Crippen LogP contribution in [0.15, 0.2) is 45.8 Å². The number of aromatic amines is 1. The highest BCUT2D eigenvalue weighted by Crippen LogP contribution is 2.18. The summed E-state index contributed by atoms with van der Waals surface area (Å²) in [7, 11) is 0. The third-order valence-corrected chi connectivity index (χ3v) is 4.11. The number of benzene rings is 1. The van der Waals surface area contributed by atoms with E-state index in [1.807, 2.05) is 25.1 Å². The number of fused-ring (bicyclic) bond motifs is 1. The highest BCUT2D eigenvalue weighted by molar-refractivity contribution is 9.10. The molecule has 1 N–H and O–H groups in total. The lowest BCUT2D eigenvalue weighted by Crippen LogP contribution is -2.12. The van der Waals surface area contributed by atoms with E-state index in [4.69, 9.17) is 4.74 Å². The minimum absolute atomic E-state index is 0.163. The quantitative estimate of drug-likeness (QED) is 0.727. The van der Waals surface area contributed by atoms with Gasteiger partial charge in [0.25, 0.3) is 0 Å². The maximum absolute atomic E-state index is 12.1. The molecule has 0 unspecified atom stereocenters. The maximum Gasteiger partial charge on any atom is 0.347 e. The number of aromatic nitrogens is 3. The highest BCUT2D eigenvalue weighted by Gasteiger charge is 2.10. The van der Waals surface area contributed by atoms with Gasteiger partial charge in [0.2, 0.25) is 0 Å². The number of nitrogens with one attached hydrogen (secondary N) is 1. The minimum Gasteiger partial charge on any atom is -0.457 e. The first kappa shape index (κ1) is 14.5. The maximum atomic E-state index is 12.1. The average molecular weight is 362 g/mol. The number of rotatable bonds is 3. The second-order valence-corrected chi connectivity index (χ2v) is 5.69. The molecule has 0 fully saturated rings. The van der Waals surface area contributed by atoms with Crippen LogP contribution in [0.5, 0.6) is 0 Å². The molecule has 0 aliphatic rings. The van der Waals surface area contributed by atoms with Crippen LogP contribution in [-0.4, -0.2) is 20.6 Å². The molecule has 0 bridgehead atoms. The number of H-pyrrole nitrogens is 1. The predicted molar refractivity (Wildman–Crippen MR) is 83.8 cm³/mol. The summed E-state index contributed by atoms with van der Waals surface area (Å²) in [6, 6.07) is 8.91. The molecule has 0 amide bonds. The molecule has 2 aromatic heterocycles. The molecule has 0 aliphatic heterocycles. The molecule has 3 aromatic rings. The third-order valence-electron chi connectivity index (χ3n) is 3.25. The van der Waals surface area contributed by atoms with E-state index in [9.17, 15) is 9.59 Å². The number of esters is 1. The second-order valence-electron chi connectivity index (χ2n) is 4.83. The van der Waals surface area contributed by atoms with Crippen molar-refractivity contribution in [1.29, 1.82) is 0 Å². The first-order valence-electron chi connectivity index (χ1n) is 6.53. The first-order chi connectivity index (χ1) is 10.5. The van der Waals surface area contributed by atoms with Gasteiger partial charge in [-0.25, -0.2) is 19.1 Å². The van der Waals surface area contributed by atoms with Gasteiger partial charge in [-0.2, -0.15) is 5.10 Å². The topological polar surface area (TPSA) is 76.5 Å². The lowest BCUT2D eigenvalue weighted by molar-refractivity contribution is 0.0472.